The highest BCUT2D eigenvalue weighted by atomic mass is 16.6. The number of carbonyl (C=O) groups excluding carboxylic acids is 3. The van der Waals surface area contributed by atoms with Gasteiger partial charge in [0, 0.05) is 20.0 Å². The van der Waals surface area contributed by atoms with Crippen LogP contribution >= 0.6 is 0 Å². The van der Waals surface area contributed by atoms with Gasteiger partial charge >= 0.3 is 5.97 Å². The van der Waals surface area contributed by atoms with Crippen LogP contribution in [0.2, 0.25) is 0 Å². The highest BCUT2D eigenvalue weighted by Gasteiger charge is 2.21. The molecule has 0 spiro atoms. The monoisotopic (exact) mass is 230 g/mol. The maximum atomic E-state index is 11.4. The van der Waals surface area contributed by atoms with Crippen LogP contribution in [-0.4, -0.2) is 36.9 Å². The lowest BCUT2D eigenvalue weighted by atomic mass is 10.1. The maximum absolute atomic E-state index is 11.4. The van der Waals surface area contributed by atoms with Crippen molar-refractivity contribution in [2.24, 2.45) is 0 Å². The first-order chi connectivity index (χ1) is 7.38. The summed E-state index contributed by atoms with van der Waals surface area (Å²) in [4.78, 5) is 33.4. The Bertz CT molecular complexity index is 272. The zero-order valence-electron chi connectivity index (χ0n) is 10.1. The molecule has 0 N–H and O–H groups in total. The van der Waals surface area contributed by atoms with E-state index in [4.69, 9.17) is 9.47 Å². The minimum absolute atomic E-state index is 0.0582. The van der Waals surface area contributed by atoms with Crippen molar-refractivity contribution in [1.82, 2.24) is 0 Å². The SMILES string of the molecule is COC(C)C(=O)OC(C)C(=O)CCC(C)=O. The van der Waals surface area contributed by atoms with Gasteiger partial charge in [0.15, 0.2) is 18.0 Å². The summed E-state index contributed by atoms with van der Waals surface area (Å²) in [6, 6.07) is 0. The molecule has 16 heavy (non-hydrogen) atoms. The molecule has 0 bridgehead atoms. The van der Waals surface area contributed by atoms with Crippen LogP contribution in [0.3, 0.4) is 0 Å². The van der Waals surface area contributed by atoms with Crippen molar-refractivity contribution >= 4 is 17.5 Å². The van der Waals surface area contributed by atoms with Crippen LogP contribution in [0.1, 0.15) is 33.6 Å². The van der Waals surface area contributed by atoms with Crippen LogP contribution in [0.15, 0.2) is 0 Å². The molecule has 0 aliphatic heterocycles. The van der Waals surface area contributed by atoms with E-state index in [-0.39, 0.29) is 24.4 Å². The molecule has 0 saturated heterocycles. The van der Waals surface area contributed by atoms with E-state index in [1.54, 1.807) is 0 Å². The highest BCUT2D eigenvalue weighted by molar-refractivity contribution is 5.89. The Kier molecular flexibility index (Phi) is 6.56. The summed E-state index contributed by atoms with van der Waals surface area (Å²) in [7, 11) is 1.38. The molecule has 0 rings (SSSR count). The predicted molar refractivity (Wildman–Crippen MR) is 56.9 cm³/mol. The molecule has 0 saturated carbocycles. The van der Waals surface area contributed by atoms with Crippen LogP contribution in [0.4, 0.5) is 0 Å². The number of rotatable bonds is 7. The molecule has 0 aromatic carbocycles. The average Bonchev–Trinajstić information content (AvgIpc) is 2.24. The van der Waals surface area contributed by atoms with Gasteiger partial charge in [-0.3, -0.25) is 4.79 Å². The van der Waals surface area contributed by atoms with E-state index >= 15 is 0 Å². The molecule has 92 valence electrons. The van der Waals surface area contributed by atoms with Crippen molar-refractivity contribution in [2.75, 3.05) is 7.11 Å². The number of hydrogen-bond donors (Lipinski definition) is 0. The number of esters is 1. The molecule has 0 radical (unpaired) electrons. The van der Waals surface area contributed by atoms with Crippen LogP contribution in [0, 0.1) is 0 Å². The molecule has 5 heteroatoms. The lowest BCUT2D eigenvalue weighted by Crippen LogP contribution is -2.30. The maximum Gasteiger partial charge on any atom is 0.335 e. The summed E-state index contributed by atoms with van der Waals surface area (Å²) in [5.74, 6) is -0.893. The van der Waals surface area contributed by atoms with Crippen molar-refractivity contribution in [3.8, 4) is 0 Å². The Morgan fingerprint density at radius 1 is 1.06 bits per heavy atom. The fourth-order valence-electron chi connectivity index (χ4n) is 0.934. The number of hydrogen-bond acceptors (Lipinski definition) is 5. The molecule has 0 fully saturated rings. The second kappa shape index (κ2) is 7.11. The zero-order valence-corrected chi connectivity index (χ0v) is 10.1. The summed E-state index contributed by atoms with van der Waals surface area (Å²) in [5, 5.41) is 0. The number of ether oxygens (including phenoxy) is 2. The van der Waals surface area contributed by atoms with Gasteiger partial charge in [-0.2, -0.15) is 0 Å². The molecule has 5 nitrogen and oxygen atoms in total. The van der Waals surface area contributed by atoms with Crippen molar-refractivity contribution < 1.29 is 23.9 Å². The lowest BCUT2D eigenvalue weighted by molar-refractivity contribution is -0.162. The van der Waals surface area contributed by atoms with Gasteiger partial charge in [-0.1, -0.05) is 0 Å². The van der Waals surface area contributed by atoms with Crippen molar-refractivity contribution in [1.29, 1.82) is 0 Å². The van der Waals surface area contributed by atoms with E-state index < -0.39 is 18.2 Å². The summed E-state index contributed by atoms with van der Waals surface area (Å²) < 4.78 is 9.62. The Balaban J connectivity index is 4.05. The molecular weight excluding hydrogens is 212 g/mol. The topological polar surface area (TPSA) is 69.7 Å². The molecule has 0 aromatic rings. The average molecular weight is 230 g/mol. The summed E-state index contributed by atoms with van der Waals surface area (Å²) in [6.45, 7) is 4.44. The number of methoxy groups -OCH3 is 1. The highest BCUT2D eigenvalue weighted by Crippen LogP contribution is 2.03. The van der Waals surface area contributed by atoms with Crippen LogP contribution < -0.4 is 0 Å². The Morgan fingerprint density at radius 2 is 1.62 bits per heavy atom. The van der Waals surface area contributed by atoms with Gasteiger partial charge in [0.2, 0.25) is 0 Å². The lowest BCUT2D eigenvalue weighted by Gasteiger charge is -2.14. The number of ketones is 2. The standard InChI is InChI=1S/C11H18O5/c1-7(12)5-6-10(13)8(2)16-11(14)9(3)15-4/h8-9H,5-6H2,1-4H3. The smallest absolute Gasteiger partial charge is 0.335 e. The van der Waals surface area contributed by atoms with Gasteiger partial charge in [-0.15, -0.1) is 0 Å². The fraction of sp³-hybridized carbons (Fsp3) is 0.727. The molecule has 0 amide bonds. The van der Waals surface area contributed by atoms with Gasteiger partial charge in [0.1, 0.15) is 5.78 Å². The zero-order chi connectivity index (χ0) is 12.7. The van der Waals surface area contributed by atoms with E-state index in [1.807, 2.05) is 0 Å². The first-order valence-electron chi connectivity index (χ1n) is 5.14. The van der Waals surface area contributed by atoms with Crippen molar-refractivity contribution in [2.45, 2.75) is 45.8 Å². The van der Waals surface area contributed by atoms with Gasteiger partial charge in [-0.25, -0.2) is 4.79 Å². The molecule has 0 heterocycles. The van der Waals surface area contributed by atoms with Gasteiger partial charge < -0.3 is 14.3 Å². The third-order valence-electron chi connectivity index (χ3n) is 2.16. The van der Waals surface area contributed by atoms with Gasteiger partial charge in [0.25, 0.3) is 0 Å². The first-order valence-corrected chi connectivity index (χ1v) is 5.14. The largest absolute Gasteiger partial charge is 0.453 e. The Labute approximate surface area is 95.1 Å². The summed E-state index contributed by atoms with van der Waals surface area (Å²) >= 11 is 0. The van der Waals surface area contributed by atoms with Crippen LogP contribution in [0.5, 0.6) is 0 Å². The molecule has 0 aromatic heterocycles. The Morgan fingerprint density at radius 3 is 2.06 bits per heavy atom. The quantitative estimate of drug-likeness (QED) is 0.607. The second-order valence-electron chi connectivity index (χ2n) is 3.63. The summed E-state index contributed by atoms with van der Waals surface area (Å²) in [5.41, 5.74) is 0. The minimum atomic E-state index is -0.829. The number of Topliss-reactive ketones (excluding diaryl/α,β-unsaturated/α-hetero) is 2. The molecule has 0 aliphatic rings. The van der Waals surface area contributed by atoms with Crippen LogP contribution in [0.25, 0.3) is 0 Å². The van der Waals surface area contributed by atoms with E-state index in [9.17, 15) is 14.4 Å². The normalized spacial score (nSPS) is 14.0. The second-order valence-corrected chi connectivity index (χ2v) is 3.63. The Hall–Kier alpha value is -1.23. The molecule has 2 atom stereocenters. The predicted octanol–water partition coefficient (Wildman–Crippen LogP) is 0.891. The van der Waals surface area contributed by atoms with E-state index in [0.29, 0.717) is 0 Å². The third kappa shape index (κ3) is 5.60. The van der Waals surface area contributed by atoms with Crippen molar-refractivity contribution in [3.63, 3.8) is 0 Å². The van der Waals surface area contributed by atoms with E-state index in [1.165, 1.54) is 27.9 Å². The van der Waals surface area contributed by atoms with Gasteiger partial charge in [0.05, 0.1) is 0 Å². The van der Waals surface area contributed by atoms with Gasteiger partial charge in [-0.05, 0) is 20.8 Å². The number of carbonyl (C=O) groups is 3. The van der Waals surface area contributed by atoms with Crippen molar-refractivity contribution in [3.05, 3.63) is 0 Å². The molecular formula is C11H18O5. The first kappa shape index (κ1) is 14.8. The molecule has 0 aliphatic carbocycles. The molecule has 2 unspecified atom stereocenters. The summed E-state index contributed by atoms with van der Waals surface area (Å²) in [6.07, 6.45) is -1.24. The third-order valence-corrected chi connectivity index (χ3v) is 2.16. The van der Waals surface area contributed by atoms with E-state index in [0.717, 1.165) is 0 Å². The fourth-order valence-corrected chi connectivity index (χ4v) is 0.934. The van der Waals surface area contributed by atoms with Crippen LogP contribution in [-0.2, 0) is 23.9 Å². The minimum Gasteiger partial charge on any atom is -0.453 e. The van der Waals surface area contributed by atoms with E-state index in [2.05, 4.69) is 0 Å².